The molecule has 388 valence electrons. The van der Waals surface area contributed by atoms with E-state index in [2.05, 4.69) is 74.6 Å². The SMILES string of the molecule is CC/C=C\C/C=C\C/C=C\C/C=C\CCCCCCCCCCCCCCCCCCCCC(=O)OC(COC(=O)CCCCCCC/C=C\CCCC)COC(OCC[N+](C)(C)C)C(=O)[O-]. The summed E-state index contributed by atoms with van der Waals surface area (Å²) < 4.78 is 22.6. The standard InChI is InChI=1S/C58H103NO8/c1-6-8-10-12-14-16-18-19-20-21-22-23-24-25-26-27-28-29-30-31-32-33-34-35-36-37-39-41-43-45-47-49-56(61)67-54(53-66-58(57(62)63)64-51-50-59(3,4)5)52-65-55(60)48-46-44-42-40-38-17-15-13-11-9-7-2/h8,10,13-16,19-20,22-23,54,58H,6-7,9,11-12,17-18,21,24-53H2,1-5H3/b10-8-,15-13-,16-14-,20-19-,23-22-. The van der Waals surface area contributed by atoms with E-state index in [0.29, 0.717) is 17.4 Å². The van der Waals surface area contributed by atoms with Crippen LogP contribution >= 0.6 is 0 Å². The topological polar surface area (TPSA) is 111 Å². The molecule has 0 amide bonds. The minimum Gasteiger partial charge on any atom is -0.545 e. The maximum Gasteiger partial charge on any atom is 0.306 e. The van der Waals surface area contributed by atoms with Gasteiger partial charge in [0.15, 0.2) is 12.4 Å². The van der Waals surface area contributed by atoms with Crippen molar-refractivity contribution in [1.29, 1.82) is 0 Å². The Balaban J connectivity index is 4.09. The van der Waals surface area contributed by atoms with Crippen LogP contribution in [0.25, 0.3) is 0 Å². The first-order chi connectivity index (χ1) is 32.6. The number of carboxylic acids is 1. The summed E-state index contributed by atoms with van der Waals surface area (Å²) in [6.45, 7) is 4.59. The van der Waals surface area contributed by atoms with Crippen LogP contribution in [0.1, 0.15) is 232 Å². The summed E-state index contributed by atoms with van der Waals surface area (Å²) in [7, 11) is 5.91. The Kier molecular flexibility index (Phi) is 47.2. The molecule has 2 atom stereocenters. The van der Waals surface area contributed by atoms with Gasteiger partial charge in [0, 0.05) is 12.8 Å². The number of carbonyl (C=O) groups is 3. The molecule has 0 heterocycles. The van der Waals surface area contributed by atoms with Gasteiger partial charge in [0.1, 0.15) is 13.2 Å². The molecule has 9 nitrogen and oxygen atoms in total. The number of ether oxygens (including phenoxy) is 4. The highest BCUT2D eigenvalue weighted by Crippen LogP contribution is 2.16. The summed E-state index contributed by atoms with van der Waals surface area (Å²) in [6, 6.07) is 0. The van der Waals surface area contributed by atoms with Gasteiger partial charge >= 0.3 is 11.9 Å². The molecule has 0 aromatic rings. The van der Waals surface area contributed by atoms with E-state index in [0.717, 1.165) is 83.5 Å². The molecule has 9 heteroatoms. The van der Waals surface area contributed by atoms with Gasteiger partial charge in [-0.2, -0.15) is 0 Å². The van der Waals surface area contributed by atoms with Gasteiger partial charge in [-0.15, -0.1) is 0 Å². The molecule has 0 aromatic heterocycles. The molecule has 0 saturated heterocycles. The molecular formula is C58H103NO8. The van der Waals surface area contributed by atoms with Gasteiger partial charge in [0.25, 0.3) is 0 Å². The van der Waals surface area contributed by atoms with E-state index in [9.17, 15) is 19.5 Å². The van der Waals surface area contributed by atoms with Crippen LogP contribution in [0.3, 0.4) is 0 Å². The molecular weight excluding hydrogens is 839 g/mol. The minimum absolute atomic E-state index is 0.146. The number of carboxylic acid groups (broad SMARTS) is 1. The zero-order valence-corrected chi connectivity index (χ0v) is 44.0. The van der Waals surface area contributed by atoms with Crippen LogP contribution < -0.4 is 5.11 Å². The first-order valence-corrected chi connectivity index (χ1v) is 27.4. The number of nitrogens with zero attached hydrogens (tertiary/aromatic N) is 1. The van der Waals surface area contributed by atoms with E-state index in [4.69, 9.17) is 18.9 Å². The molecule has 0 spiro atoms. The van der Waals surface area contributed by atoms with E-state index in [1.807, 2.05) is 21.1 Å². The largest absolute Gasteiger partial charge is 0.545 e. The van der Waals surface area contributed by atoms with Crippen LogP contribution in [0.5, 0.6) is 0 Å². The van der Waals surface area contributed by atoms with Crippen molar-refractivity contribution in [2.45, 2.75) is 245 Å². The third-order valence-electron chi connectivity index (χ3n) is 11.7. The number of quaternary nitrogens is 1. The van der Waals surface area contributed by atoms with Crippen molar-refractivity contribution < 1.29 is 42.9 Å². The third-order valence-corrected chi connectivity index (χ3v) is 11.7. The van der Waals surface area contributed by atoms with Gasteiger partial charge in [0.2, 0.25) is 0 Å². The van der Waals surface area contributed by atoms with E-state index in [-0.39, 0.29) is 38.6 Å². The lowest BCUT2D eigenvalue weighted by atomic mass is 10.0. The van der Waals surface area contributed by atoms with Crippen LogP contribution in [0.2, 0.25) is 0 Å². The number of esters is 2. The maximum atomic E-state index is 12.8. The first kappa shape index (κ1) is 64.0. The number of carbonyl (C=O) groups excluding carboxylic acids is 3. The number of aliphatic carboxylic acids is 1. The number of hydrogen-bond donors (Lipinski definition) is 0. The predicted octanol–water partition coefficient (Wildman–Crippen LogP) is 14.3. The van der Waals surface area contributed by atoms with Crippen molar-refractivity contribution in [1.82, 2.24) is 0 Å². The summed E-state index contributed by atoms with van der Waals surface area (Å²) in [4.78, 5) is 37.1. The summed E-state index contributed by atoms with van der Waals surface area (Å²) in [6.07, 6.45) is 58.5. The van der Waals surface area contributed by atoms with E-state index >= 15 is 0 Å². The van der Waals surface area contributed by atoms with Crippen molar-refractivity contribution in [3.8, 4) is 0 Å². The highest BCUT2D eigenvalue weighted by atomic mass is 16.7. The second kappa shape index (κ2) is 49.4. The molecule has 0 aliphatic carbocycles. The fourth-order valence-electron chi connectivity index (χ4n) is 7.51. The van der Waals surface area contributed by atoms with Crippen LogP contribution in [-0.2, 0) is 33.3 Å². The molecule has 67 heavy (non-hydrogen) atoms. The van der Waals surface area contributed by atoms with Gasteiger partial charge < -0.3 is 33.3 Å². The Morgan fingerprint density at radius 3 is 1.28 bits per heavy atom. The summed E-state index contributed by atoms with van der Waals surface area (Å²) in [5.41, 5.74) is 0. The highest BCUT2D eigenvalue weighted by molar-refractivity contribution is 5.70. The molecule has 0 rings (SSSR count). The number of rotatable bonds is 50. The Hall–Kier alpha value is -3.01. The lowest BCUT2D eigenvalue weighted by Gasteiger charge is -2.26. The van der Waals surface area contributed by atoms with Gasteiger partial charge in [-0.1, -0.05) is 209 Å². The lowest BCUT2D eigenvalue weighted by molar-refractivity contribution is -0.870. The first-order valence-electron chi connectivity index (χ1n) is 27.4. The van der Waals surface area contributed by atoms with Crippen LogP contribution in [0, 0.1) is 0 Å². The van der Waals surface area contributed by atoms with Gasteiger partial charge in [0.05, 0.1) is 40.3 Å². The molecule has 0 aliphatic rings. The second-order valence-electron chi connectivity index (χ2n) is 19.5. The van der Waals surface area contributed by atoms with Crippen molar-refractivity contribution in [2.75, 3.05) is 47.5 Å². The van der Waals surface area contributed by atoms with Gasteiger partial charge in [-0.3, -0.25) is 9.59 Å². The van der Waals surface area contributed by atoms with Crippen molar-refractivity contribution in [3.63, 3.8) is 0 Å². The average Bonchev–Trinajstić information content (AvgIpc) is 3.29. The Morgan fingerprint density at radius 1 is 0.463 bits per heavy atom. The number of hydrogen-bond acceptors (Lipinski definition) is 8. The fourth-order valence-corrected chi connectivity index (χ4v) is 7.51. The smallest absolute Gasteiger partial charge is 0.306 e. The fraction of sp³-hybridized carbons (Fsp3) is 0.776. The zero-order chi connectivity index (χ0) is 49.2. The Labute approximate surface area is 412 Å². The molecule has 0 N–H and O–H groups in total. The van der Waals surface area contributed by atoms with Crippen molar-refractivity contribution in [3.05, 3.63) is 60.8 Å². The minimum atomic E-state index is -1.62. The van der Waals surface area contributed by atoms with Crippen LogP contribution in [0.4, 0.5) is 0 Å². The molecule has 2 unspecified atom stereocenters. The third kappa shape index (κ3) is 50.7. The summed E-state index contributed by atoms with van der Waals surface area (Å²) >= 11 is 0. The molecule has 0 radical (unpaired) electrons. The highest BCUT2D eigenvalue weighted by Gasteiger charge is 2.22. The maximum absolute atomic E-state index is 12.8. The molecule has 0 saturated carbocycles. The summed E-state index contributed by atoms with van der Waals surface area (Å²) in [5, 5.41) is 11.7. The van der Waals surface area contributed by atoms with E-state index in [1.165, 1.54) is 116 Å². The summed E-state index contributed by atoms with van der Waals surface area (Å²) in [5.74, 6) is -2.29. The Bertz CT molecular complexity index is 1280. The monoisotopic (exact) mass is 942 g/mol. The van der Waals surface area contributed by atoms with Crippen LogP contribution in [0.15, 0.2) is 60.8 Å². The quantitative estimate of drug-likeness (QED) is 0.0195. The normalized spacial score (nSPS) is 13.3. The number of likely N-dealkylation sites (N-methyl/N-ethyl adjacent to an activating group) is 1. The predicted molar refractivity (Wildman–Crippen MR) is 278 cm³/mol. The van der Waals surface area contributed by atoms with Gasteiger partial charge in [-0.25, -0.2) is 0 Å². The molecule has 0 aliphatic heterocycles. The van der Waals surface area contributed by atoms with Crippen LogP contribution in [-0.4, -0.2) is 82.3 Å². The number of unbranched alkanes of at least 4 members (excludes halogenated alkanes) is 25. The van der Waals surface area contributed by atoms with Gasteiger partial charge in [-0.05, 0) is 70.6 Å². The second-order valence-corrected chi connectivity index (χ2v) is 19.5. The van der Waals surface area contributed by atoms with E-state index in [1.54, 1.807) is 0 Å². The lowest BCUT2D eigenvalue weighted by Crippen LogP contribution is -2.44. The Morgan fingerprint density at radius 2 is 0.851 bits per heavy atom. The molecule has 0 bridgehead atoms. The number of allylic oxidation sites excluding steroid dienone is 10. The zero-order valence-electron chi connectivity index (χ0n) is 44.0. The van der Waals surface area contributed by atoms with E-state index < -0.39 is 24.3 Å². The average molecular weight is 942 g/mol. The molecule has 0 fully saturated rings. The van der Waals surface area contributed by atoms with Crippen molar-refractivity contribution in [2.24, 2.45) is 0 Å². The van der Waals surface area contributed by atoms with Crippen molar-refractivity contribution >= 4 is 17.9 Å². The molecule has 0 aromatic carbocycles.